The van der Waals surface area contributed by atoms with Crippen LogP contribution in [0.2, 0.25) is 0 Å². The lowest BCUT2D eigenvalue weighted by Gasteiger charge is -2.37. The Bertz CT molecular complexity index is 919. The van der Waals surface area contributed by atoms with Gasteiger partial charge in [-0.25, -0.2) is 4.98 Å². The Morgan fingerprint density at radius 1 is 0.903 bits per heavy atom. The standard InChI is InChI=1S/C24H32N6O/c1-27-13-15-28(16-14-27)23-20-18-30(22(31)17-19-7-3-2-4-8-19)12-9-21(20)25-24(26-23)29-10-5-6-11-29/h2-4,7-8H,5-6,9-18H2,1H3. The van der Waals surface area contributed by atoms with E-state index in [4.69, 9.17) is 9.97 Å². The summed E-state index contributed by atoms with van der Waals surface area (Å²) in [6.07, 6.45) is 3.69. The number of anilines is 2. The Labute approximate surface area is 184 Å². The van der Waals surface area contributed by atoms with Gasteiger partial charge in [0.1, 0.15) is 5.82 Å². The maximum atomic E-state index is 13.0. The van der Waals surface area contributed by atoms with Gasteiger partial charge in [0.25, 0.3) is 0 Å². The third-order valence-electron chi connectivity index (χ3n) is 6.77. The Morgan fingerprint density at radius 3 is 2.39 bits per heavy atom. The van der Waals surface area contributed by atoms with Crippen LogP contribution in [0.1, 0.15) is 29.7 Å². The minimum absolute atomic E-state index is 0.185. The van der Waals surface area contributed by atoms with Gasteiger partial charge in [-0.15, -0.1) is 0 Å². The molecule has 4 heterocycles. The number of likely N-dealkylation sites (N-methyl/N-ethyl adjacent to an activating group) is 1. The molecule has 0 radical (unpaired) electrons. The summed E-state index contributed by atoms with van der Waals surface area (Å²) in [6, 6.07) is 10.0. The summed E-state index contributed by atoms with van der Waals surface area (Å²) in [5.74, 6) is 2.12. The van der Waals surface area contributed by atoms with Gasteiger partial charge in [-0.2, -0.15) is 4.98 Å². The molecule has 164 valence electrons. The lowest BCUT2D eigenvalue weighted by atomic mass is 10.0. The molecule has 5 rings (SSSR count). The van der Waals surface area contributed by atoms with Gasteiger partial charge < -0.3 is 19.6 Å². The molecule has 7 heteroatoms. The number of aromatic nitrogens is 2. The maximum absolute atomic E-state index is 13.0. The molecule has 1 amide bonds. The smallest absolute Gasteiger partial charge is 0.227 e. The van der Waals surface area contributed by atoms with E-state index in [0.717, 1.165) is 80.8 Å². The molecule has 0 aliphatic carbocycles. The Kier molecular flexibility index (Phi) is 5.76. The van der Waals surface area contributed by atoms with Crippen molar-refractivity contribution in [2.45, 2.75) is 32.2 Å². The van der Waals surface area contributed by atoms with E-state index < -0.39 is 0 Å². The second-order valence-electron chi connectivity index (χ2n) is 8.98. The van der Waals surface area contributed by atoms with Crippen molar-refractivity contribution in [2.24, 2.45) is 0 Å². The van der Waals surface area contributed by atoms with E-state index in [2.05, 4.69) is 21.7 Å². The number of carbonyl (C=O) groups excluding carboxylic acids is 1. The minimum Gasteiger partial charge on any atom is -0.354 e. The molecule has 2 fully saturated rings. The summed E-state index contributed by atoms with van der Waals surface area (Å²) >= 11 is 0. The quantitative estimate of drug-likeness (QED) is 0.754. The number of carbonyl (C=O) groups is 1. The van der Waals surface area contributed by atoms with Crippen molar-refractivity contribution < 1.29 is 4.79 Å². The molecule has 0 spiro atoms. The lowest BCUT2D eigenvalue weighted by Crippen LogP contribution is -2.46. The number of rotatable bonds is 4. The van der Waals surface area contributed by atoms with E-state index in [1.165, 1.54) is 12.8 Å². The highest BCUT2D eigenvalue weighted by Gasteiger charge is 2.30. The predicted octanol–water partition coefficient (Wildman–Crippen LogP) is 1.96. The summed E-state index contributed by atoms with van der Waals surface area (Å²) in [7, 11) is 2.17. The van der Waals surface area contributed by atoms with Crippen LogP contribution in [0.15, 0.2) is 30.3 Å². The summed E-state index contributed by atoms with van der Waals surface area (Å²) in [5, 5.41) is 0. The molecule has 2 aromatic rings. The van der Waals surface area contributed by atoms with Gasteiger partial charge in [-0.1, -0.05) is 30.3 Å². The van der Waals surface area contributed by atoms with Gasteiger partial charge >= 0.3 is 0 Å². The SMILES string of the molecule is CN1CCN(c2nc(N3CCCC3)nc3c2CN(C(=O)Cc2ccccc2)CC3)CC1. The number of fused-ring (bicyclic) bond motifs is 1. The second kappa shape index (κ2) is 8.83. The zero-order valence-electron chi connectivity index (χ0n) is 18.5. The maximum Gasteiger partial charge on any atom is 0.227 e. The van der Waals surface area contributed by atoms with Gasteiger partial charge in [0.05, 0.1) is 18.7 Å². The van der Waals surface area contributed by atoms with Gasteiger partial charge in [0.2, 0.25) is 11.9 Å². The number of hydrogen-bond acceptors (Lipinski definition) is 6. The highest BCUT2D eigenvalue weighted by Crippen LogP contribution is 2.31. The summed E-state index contributed by atoms with van der Waals surface area (Å²) in [6.45, 7) is 7.45. The van der Waals surface area contributed by atoms with E-state index in [1.807, 2.05) is 35.2 Å². The van der Waals surface area contributed by atoms with Gasteiger partial charge in [0, 0.05) is 57.8 Å². The molecule has 1 aromatic heterocycles. The molecule has 1 aromatic carbocycles. The summed E-state index contributed by atoms with van der Waals surface area (Å²) < 4.78 is 0. The molecule has 0 N–H and O–H groups in total. The van der Waals surface area contributed by atoms with Gasteiger partial charge in [-0.05, 0) is 25.5 Å². The van der Waals surface area contributed by atoms with Crippen molar-refractivity contribution in [3.63, 3.8) is 0 Å². The highest BCUT2D eigenvalue weighted by molar-refractivity contribution is 5.79. The molecule has 31 heavy (non-hydrogen) atoms. The average molecular weight is 421 g/mol. The van der Waals surface area contributed by atoms with E-state index in [1.54, 1.807) is 0 Å². The van der Waals surface area contributed by atoms with Crippen LogP contribution in [0.25, 0.3) is 0 Å². The van der Waals surface area contributed by atoms with Crippen LogP contribution >= 0.6 is 0 Å². The minimum atomic E-state index is 0.185. The number of nitrogens with zero attached hydrogens (tertiary/aromatic N) is 6. The largest absolute Gasteiger partial charge is 0.354 e. The fourth-order valence-electron chi connectivity index (χ4n) is 4.82. The number of hydrogen-bond donors (Lipinski definition) is 0. The zero-order chi connectivity index (χ0) is 21.2. The van der Waals surface area contributed by atoms with Crippen molar-refractivity contribution in [2.75, 3.05) is 62.7 Å². The van der Waals surface area contributed by atoms with Crippen LogP contribution in [0, 0.1) is 0 Å². The Morgan fingerprint density at radius 2 is 1.65 bits per heavy atom. The van der Waals surface area contributed by atoms with Crippen molar-refractivity contribution in [3.05, 3.63) is 47.2 Å². The third kappa shape index (κ3) is 4.37. The van der Waals surface area contributed by atoms with E-state index in [-0.39, 0.29) is 5.91 Å². The van der Waals surface area contributed by atoms with Crippen molar-refractivity contribution >= 4 is 17.7 Å². The van der Waals surface area contributed by atoms with E-state index in [0.29, 0.717) is 13.0 Å². The number of amides is 1. The van der Waals surface area contributed by atoms with Crippen molar-refractivity contribution in [1.29, 1.82) is 0 Å². The molecule has 0 bridgehead atoms. The molecule has 0 unspecified atom stereocenters. The molecule has 0 atom stereocenters. The number of benzene rings is 1. The molecular weight excluding hydrogens is 388 g/mol. The normalized spacial score (nSPS) is 19.6. The highest BCUT2D eigenvalue weighted by atomic mass is 16.2. The molecule has 0 saturated carbocycles. The van der Waals surface area contributed by atoms with Crippen LogP contribution in [-0.2, 0) is 24.2 Å². The fourth-order valence-corrected chi connectivity index (χ4v) is 4.82. The zero-order valence-corrected chi connectivity index (χ0v) is 18.5. The molecule has 3 aliphatic rings. The van der Waals surface area contributed by atoms with E-state index in [9.17, 15) is 4.79 Å². The summed E-state index contributed by atoms with van der Waals surface area (Å²) in [4.78, 5) is 32.2. The summed E-state index contributed by atoms with van der Waals surface area (Å²) in [5.41, 5.74) is 3.35. The van der Waals surface area contributed by atoms with Crippen molar-refractivity contribution in [3.8, 4) is 0 Å². The van der Waals surface area contributed by atoms with E-state index >= 15 is 0 Å². The molecule has 2 saturated heterocycles. The lowest BCUT2D eigenvalue weighted by molar-refractivity contribution is -0.131. The first-order valence-electron chi connectivity index (χ1n) is 11.6. The predicted molar refractivity (Wildman–Crippen MR) is 122 cm³/mol. The van der Waals surface area contributed by atoms with Crippen LogP contribution in [0.5, 0.6) is 0 Å². The second-order valence-corrected chi connectivity index (χ2v) is 8.98. The van der Waals surface area contributed by atoms with Crippen LogP contribution < -0.4 is 9.80 Å². The Hall–Kier alpha value is -2.67. The van der Waals surface area contributed by atoms with Crippen LogP contribution in [0.4, 0.5) is 11.8 Å². The molecule has 7 nitrogen and oxygen atoms in total. The third-order valence-corrected chi connectivity index (χ3v) is 6.77. The van der Waals surface area contributed by atoms with Gasteiger partial charge in [-0.3, -0.25) is 4.79 Å². The van der Waals surface area contributed by atoms with Crippen LogP contribution in [0.3, 0.4) is 0 Å². The van der Waals surface area contributed by atoms with Crippen LogP contribution in [-0.4, -0.2) is 78.5 Å². The Balaban J connectivity index is 1.42. The van der Waals surface area contributed by atoms with Gasteiger partial charge in [0.15, 0.2) is 0 Å². The molecule has 3 aliphatic heterocycles. The van der Waals surface area contributed by atoms with Crippen molar-refractivity contribution in [1.82, 2.24) is 19.8 Å². The average Bonchev–Trinajstić information content (AvgIpc) is 3.34. The first-order valence-corrected chi connectivity index (χ1v) is 11.6. The molecular formula is C24H32N6O. The fraction of sp³-hybridized carbons (Fsp3) is 0.542. The monoisotopic (exact) mass is 420 g/mol. The first kappa shape index (κ1) is 20.2. The number of piperazine rings is 1. The topological polar surface area (TPSA) is 55.8 Å². The first-order chi connectivity index (χ1) is 15.2.